The molecule has 0 radical (unpaired) electrons. The zero-order valence-corrected chi connectivity index (χ0v) is 9.38. The van der Waals surface area contributed by atoms with Gasteiger partial charge in [0.05, 0.1) is 4.92 Å². The van der Waals surface area contributed by atoms with Crippen LogP contribution in [-0.2, 0) is 3.49 Å². The van der Waals surface area contributed by atoms with E-state index in [-0.39, 0.29) is 11.3 Å². The predicted octanol–water partition coefficient (Wildman–Crippen LogP) is 3.46. The normalized spacial score (nSPS) is 11.3. The quantitative estimate of drug-likeness (QED) is 0.477. The molecule has 1 aromatic rings. The van der Waals surface area contributed by atoms with Crippen molar-refractivity contribution in [2.45, 2.75) is 3.49 Å². The minimum atomic E-state index is -1.82. The fraction of sp³-hybridized carbons (Fsp3) is 0.143. The SMILES string of the molecule is O=[N+]([O-])c1ccc(C(F)(Br)Br)cc1. The summed E-state index contributed by atoms with van der Waals surface area (Å²) >= 11 is 5.46. The van der Waals surface area contributed by atoms with Crippen molar-refractivity contribution >= 4 is 37.5 Å². The standard InChI is InChI=1S/C7H4Br2FNO2/c8-7(9,10)5-1-3-6(4-2-5)11(12)13/h1-4H. The smallest absolute Gasteiger partial charge is 0.258 e. The summed E-state index contributed by atoms with van der Waals surface area (Å²) in [5.41, 5.74) is 0.214. The Morgan fingerprint density at radius 3 is 2.08 bits per heavy atom. The summed E-state index contributed by atoms with van der Waals surface area (Å²) in [7, 11) is 0. The third kappa shape index (κ3) is 2.73. The molecule has 0 fully saturated rings. The van der Waals surface area contributed by atoms with Gasteiger partial charge in [-0.05, 0) is 44.0 Å². The fourth-order valence-electron chi connectivity index (χ4n) is 0.772. The fourth-order valence-corrected chi connectivity index (χ4v) is 1.30. The summed E-state index contributed by atoms with van der Waals surface area (Å²) in [5, 5.41) is 10.3. The Morgan fingerprint density at radius 2 is 1.77 bits per heavy atom. The van der Waals surface area contributed by atoms with E-state index in [0.29, 0.717) is 0 Å². The highest BCUT2D eigenvalue weighted by Gasteiger charge is 2.24. The van der Waals surface area contributed by atoms with Crippen molar-refractivity contribution in [3.63, 3.8) is 0 Å². The predicted molar refractivity (Wildman–Crippen MR) is 53.7 cm³/mol. The van der Waals surface area contributed by atoms with Crippen molar-refractivity contribution in [1.29, 1.82) is 0 Å². The van der Waals surface area contributed by atoms with Crippen LogP contribution in [-0.4, -0.2) is 4.92 Å². The molecule has 0 heterocycles. The Kier molecular flexibility index (Phi) is 3.02. The largest absolute Gasteiger partial charge is 0.269 e. The zero-order valence-electron chi connectivity index (χ0n) is 6.21. The first-order valence-corrected chi connectivity index (χ1v) is 4.81. The summed E-state index contributed by atoms with van der Waals surface area (Å²) in [6, 6.07) is 5.15. The van der Waals surface area contributed by atoms with Crippen LogP contribution >= 0.6 is 31.9 Å². The number of nitrogens with zero attached hydrogens (tertiary/aromatic N) is 1. The lowest BCUT2D eigenvalue weighted by Gasteiger charge is -2.08. The molecule has 0 bridgehead atoms. The van der Waals surface area contributed by atoms with Crippen LogP contribution in [0.4, 0.5) is 10.1 Å². The molecule has 0 spiro atoms. The molecule has 0 amide bonds. The van der Waals surface area contributed by atoms with Gasteiger partial charge in [-0.25, -0.2) is 4.39 Å². The van der Waals surface area contributed by atoms with Gasteiger partial charge in [-0.15, -0.1) is 0 Å². The highest BCUT2D eigenvalue weighted by atomic mass is 79.9. The van der Waals surface area contributed by atoms with Gasteiger partial charge < -0.3 is 0 Å². The van der Waals surface area contributed by atoms with E-state index in [1.807, 2.05) is 0 Å². The highest BCUT2D eigenvalue weighted by Crippen LogP contribution is 2.39. The second-order valence-corrected chi connectivity index (χ2v) is 5.55. The Hall–Kier alpha value is -0.490. The molecule has 13 heavy (non-hydrogen) atoms. The van der Waals surface area contributed by atoms with Crippen LogP contribution in [0.3, 0.4) is 0 Å². The minimum Gasteiger partial charge on any atom is -0.258 e. The van der Waals surface area contributed by atoms with Crippen LogP contribution in [0.1, 0.15) is 5.56 Å². The van der Waals surface area contributed by atoms with Gasteiger partial charge in [-0.1, -0.05) is 0 Å². The Morgan fingerprint density at radius 1 is 1.31 bits per heavy atom. The number of nitro groups is 1. The van der Waals surface area contributed by atoms with Crippen molar-refractivity contribution in [2.24, 2.45) is 0 Å². The van der Waals surface area contributed by atoms with Gasteiger partial charge in [0.25, 0.3) is 5.69 Å². The molecule has 0 saturated heterocycles. The van der Waals surface area contributed by atoms with Crippen LogP contribution in [0.15, 0.2) is 24.3 Å². The summed E-state index contributed by atoms with van der Waals surface area (Å²) < 4.78 is 11.3. The number of halogens is 3. The molecule has 0 saturated carbocycles. The van der Waals surface area contributed by atoms with Gasteiger partial charge in [0.1, 0.15) is 0 Å². The molecule has 0 aromatic heterocycles. The van der Waals surface area contributed by atoms with Gasteiger partial charge >= 0.3 is 0 Å². The van der Waals surface area contributed by atoms with Crippen LogP contribution in [0.25, 0.3) is 0 Å². The maximum absolute atomic E-state index is 13.1. The molecule has 3 nitrogen and oxygen atoms in total. The zero-order chi connectivity index (χ0) is 10.1. The lowest BCUT2D eigenvalue weighted by atomic mass is 10.2. The van der Waals surface area contributed by atoms with E-state index in [2.05, 4.69) is 31.9 Å². The Balaban J connectivity index is 3.01. The molecule has 1 rings (SSSR count). The molecule has 0 N–H and O–H groups in total. The van der Waals surface area contributed by atoms with E-state index in [1.165, 1.54) is 24.3 Å². The molecule has 70 valence electrons. The lowest BCUT2D eigenvalue weighted by Crippen LogP contribution is -1.99. The van der Waals surface area contributed by atoms with Crippen molar-refractivity contribution in [3.05, 3.63) is 39.9 Å². The van der Waals surface area contributed by atoms with Crippen molar-refractivity contribution in [2.75, 3.05) is 0 Å². The van der Waals surface area contributed by atoms with Crippen LogP contribution in [0.2, 0.25) is 0 Å². The van der Waals surface area contributed by atoms with Crippen LogP contribution in [0, 0.1) is 10.1 Å². The number of benzene rings is 1. The molecule has 0 atom stereocenters. The first-order chi connectivity index (χ1) is 5.91. The molecular formula is C7H4Br2FNO2. The van der Waals surface area contributed by atoms with Crippen LogP contribution in [0.5, 0.6) is 0 Å². The first-order valence-electron chi connectivity index (χ1n) is 3.23. The number of hydrogen-bond acceptors (Lipinski definition) is 2. The van der Waals surface area contributed by atoms with E-state index in [1.54, 1.807) is 0 Å². The van der Waals surface area contributed by atoms with Gasteiger partial charge in [0, 0.05) is 17.7 Å². The summed E-state index contributed by atoms with van der Waals surface area (Å²) in [5.74, 6) is 0. The first kappa shape index (κ1) is 10.6. The second-order valence-electron chi connectivity index (χ2n) is 2.30. The van der Waals surface area contributed by atoms with Gasteiger partial charge in [-0.3, -0.25) is 10.1 Å². The minimum absolute atomic E-state index is 0.0620. The third-order valence-corrected chi connectivity index (χ3v) is 2.32. The molecule has 0 aliphatic rings. The molecule has 0 unspecified atom stereocenters. The number of nitro benzene ring substituents is 1. The monoisotopic (exact) mass is 311 g/mol. The van der Waals surface area contributed by atoms with Gasteiger partial charge in [0.15, 0.2) is 0 Å². The third-order valence-electron chi connectivity index (χ3n) is 1.41. The van der Waals surface area contributed by atoms with Crippen molar-refractivity contribution in [3.8, 4) is 0 Å². The van der Waals surface area contributed by atoms with Gasteiger partial charge in [0.2, 0.25) is 3.49 Å². The summed E-state index contributed by atoms with van der Waals surface area (Å²) in [6.45, 7) is 0. The Bertz CT molecular complexity index is 320. The topological polar surface area (TPSA) is 43.1 Å². The van der Waals surface area contributed by atoms with E-state index in [4.69, 9.17) is 0 Å². The van der Waals surface area contributed by atoms with E-state index >= 15 is 0 Å². The maximum Gasteiger partial charge on any atom is 0.269 e. The van der Waals surface area contributed by atoms with Crippen molar-refractivity contribution < 1.29 is 9.31 Å². The number of non-ortho nitro benzene ring substituents is 1. The summed E-state index contributed by atoms with van der Waals surface area (Å²) in [4.78, 5) is 9.71. The highest BCUT2D eigenvalue weighted by molar-refractivity contribution is 9.24. The number of hydrogen-bond donors (Lipinski definition) is 0. The molecule has 0 aliphatic carbocycles. The molecule has 0 aliphatic heterocycles. The van der Waals surface area contributed by atoms with Crippen LogP contribution < -0.4 is 0 Å². The summed E-state index contributed by atoms with van der Waals surface area (Å²) in [6.07, 6.45) is 0. The average Bonchev–Trinajstić information content (AvgIpc) is 2.03. The van der Waals surface area contributed by atoms with Crippen molar-refractivity contribution in [1.82, 2.24) is 0 Å². The number of rotatable bonds is 2. The maximum atomic E-state index is 13.1. The van der Waals surface area contributed by atoms with E-state index in [0.717, 1.165) is 0 Å². The van der Waals surface area contributed by atoms with E-state index < -0.39 is 8.41 Å². The Labute approximate surface area is 90.3 Å². The second kappa shape index (κ2) is 3.71. The number of alkyl halides is 3. The van der Waals surface area contributed by atoms with Gasteiger partial charge in [-0.2, -0.15) is 0 Å². The molecule has 1 aromatic carbocycles. The molecular weight excluding hydrogens is 309 g/mol. The average molecular weight is 313 g/mol. The molecule has 6 heteroatoms. The lowest BCUT2D eigenvalue weighted by molar-refractivity contribution is -0.384. The van der Waals surface area contributed by atoms with E-state index in [9.17, 15) is 14.5 Å².